The zero-order valence-corrected chi connectivity index (χ0v) is 11.1. The van der Waals surface area contributed by atoms with E-state index >= 15 is 0 Å². The molecule has 0 bridgehead atoms. The van der Waals surface area contributed by atoms with Gasteiger partial charge < -0.3 is 19.5 Å². The second kappa shape index (κ2) is 6.31. The molecule has 0 aliphatic carbocycles. The molecule has 1 aliphatic rings. The first kappa shape index (κ1) is 13.5. The molecule has 1 aromatic carbocycles. The molecule has 0 radical (unpaired) electrons. The number of carboxylic acids is 1. The highest BCUT2D eigenvalue weighted by Crippen LogP contribution is 2.33. The Morgan fingerprint density at radius 3 is 2.74 bits per heavy atom. The first-order chi connectivity index (χ1) is 9.16. The SMILES string of the molecule is CN(CCCCC(=O)O)c1ccc2c(c1)OCCO2. The van der Waals surface area contributed by atoms with Gasteiger partial charge in [-0.15, -0.1) is 0 Å². The minimum absolute atomic E-state index is 0.231. The number of aliphatic carboxylic acids is 1. The maximum atomic E-state index is 10.4. The number of nitrogens with zero attached hydrogens (tertiary/aromatic N) is 1. The Kier molecular flexibility index (Phi) is 4.49. The van der Waals surface area contributed by atoms with Crippen LogP contribution in [-0.2, 0) is 4.79 Å². The van der Waals surface area contributed by atoms with Gasteiger partial charge in [0.25, 0.3) is 0 Å². The third-order valence-electron chi connectivity index (χ3n) is 3.10. The lowest BCUT2D eigenvalue weighted by Gasteiger charge is -2.23. The van der Waals surface area contributed by atoms with E-state index in [0.717, 1.165) is 30.2 Å². The quantitative estimate of drug-likeness (QED) is 0.799. The predicted octanol–water partition coefficient (Wildman–Crippen LogP) is 2.15. The minimum atomic E-state index is -0.734. The molecule has 5 nitrogen and oxygen atoms in total. The average Bonchev–Trinajstić information content (AvgIpc) is 2.42. The lowest BCUT2D eigenvalue weighted by Crippen LogP contribution is -2.20. The van der Waals surface area contributed by atoms with Crippen molar-refractivity contribution in [3.63, 3.8) is 0 Å². The van der Waals surface area contributed by atoms with Crippen LogP contribution in [0.2, 0.25) is 0 Å². The molecule has 104 valence electrons. The predicted molar refractivity (Wildman–Crippen MR) is 72.2 cm³/mol. The van der Waals surface area contributed by atoms with Gasteiger partial charge in [0.15, 0.2) is 11.5 Å². The number of ether oxygens (including phenoxy) is 2. The molecule has 5 heteroatoms. The van der Waals surface area contributed by atoms with Crippen LogP contribution in [0, 0.1) is 0 Å². The van der Waals surface area contributed by atoms with E-state index in [1.54, 1.807) is 0 Å². The Morgan fingerprint density at radius 1 is 1.26 bits per heavy atom. The number of anilines is 1. The summed E-state index contributed by atoms with van der Waals surface area (Å²) in [4.78, 5) is 12.5. The van der Waals surface area contributed by atoms with Gasteiger partial charge in [0.2, 0.25) is 0 Å². The van der Waals surface area contributed by atoms with Gasteiger partial charge in [0, 0.05) is 31.8 Å². The molecule has 2 rings (SSSR count). The smallest absolute Gasteiger partial charge is 0.303 e. The highest BCUT2D eigenvalue weighted by atomic mass is 16.6. The minimum Gasteiger partial charge on any atom is -0.486 e. The van der Waals surface area contributed by atoms with E-state index in [0.29, 0.717) is 19.6 Å². The zero-order chi connectivity index (χ0) is 13.7. The highest BCUT2D eigenvalue weighted by molar-refractivity contribution is 5.66. The Morgan fingerprint density at radius 2 is 2.00 bits per heavy atom. The number of carbonyl (C=O) groups is 1. The van der Waals surface area contributed by atoms with E-state index < -0.39 is 5.97 Å². The zero-order valence-electron chi connectivity index (χ0n) is 11.1. The van der Waals surface area contributed by atoms with E-state index in [4.69, 9.17) is 14.6 Å². The molecule has 0 fully saturated rings. The van der Waals surface area contributed by atoms with Gasteiger partial charge in [-0.25, -0.2) is 0 Å². The van der Waals surface area contributed by atoms with Crippen LogP contribution in [0.1, 0.15) is 19.3 Å². The third kappa shape index (κ3) is 3.77. The Hall–Kier alpha value is -1.91. The summed E-state index contributed by atoms with van der Waals surface area (Å²) in [5.41, 5.74) is 1.06. The van der Waals surface area contributed by atoms with Crippen LogP contribution in [-0.4, -0.2) is 37.9 Å². The fourth-order valence-electron chi connectivity index (χ4n) is 2.02. The van der Waals surface area contributed by atoms with Crippen molar-refractivity contribution in [2.45, 2.75) is 19.3 Å². The molecule has 0 saturated carbocycles. The fourth-order valence-corrected chi connectivity index (χ4v) is 2.02. The van der Waals surface area contributed by atoms with Gasteiger partial charge >= 0.3 is 5.97 Å². The summed E-state index contributed by atoms with van der Waals surface area (Å²) in [5.74, 6) is 0.831. The van der Waals surface area contributed by atoms with Crippen molar-refractivity contribution in [1.29, 1.82) is 0 Å². The topological polar surface area (TPSA) is 59.0 Å². The largest absolute Gasteiger partial charge is 0.486 e. The molecule has 19 heavy (non-hydrogen) atoms. The van der Waals surface area contributed by atoms with E-state index in [1.165, 1.54) is 0 Å². The van der Waals surface area contributed by atoms with Crippen LogP contribution in [0.5, 0.6) is 11.5 Å². The van der Waals surface area contributed by atoms with Crippen molar-refractivity contribution in [2.75, 3.05) is 31.7 Å². The summed E-state index contributed by atoms with van der Waals surface area (Å²) in [6, 6.07) is 5.87. The summed E-state index contributed by atoms with van der Waals surface area (Å²) in [6.07, 6.45) is 1.79. The van der Waals surface area contributed by atoms with Crippen molar-refractivity contribution in [1.82, 2.24) is 0 Å². The first-order valence-electron chi connectivity index (χ1n) is 6.49. The third-order valence-corrected chi connectivity index (χ3v) is 3.10. The molecule has 1 N–H and O–H groups in total. The van der Waals surface area contributed by atoms with Crippen LogP contribution >= 0.6 is 0 Å². The van der Waals surface area contributed by atoms with Crippen molar-refractivity contribution in [3.8, 4) is 11.5 Å². The Bertz CT molecular complexity index is 447. The number of hydrogen-bond donors (Lipinski definition) is 1. The summed E-state index contributed by atoms with van der Waals surface area (Å²) < 4.78 is 11.0. The average molecular weight is 265 g/mol. The number of unbranched alkanes of at least 4 members (excludes halogenated alkanes) is 1. The second-order valence-corrected chi connectivity index (χ2v) is 4.60. The second-order valence-electron chi connectivity index (χ2n) is 4.60. The number of fused-ring (bicyclic) bond motifs is 1. The van der Waals surface area contributed by atoms with Gasteiger partial charge in [0.05, 0.1) is 0 Å². The van der Waals surface area contributed by atoms with Crippen LogP contribution in [0.15, 0.2) is 18.2 Å². The van der Waals surface area contributed by atoms with Crippen LogP contribution < -0.4 is 14.4 Å². The van der Waals surface area contributed by atoms with Gasteiger partial charge in [-0.1, -0.05) is 0 Å². The molecule has 0 amide bonds. The van der Waals surface area contributed by atoms with Gasteiger partial charge in [-0.3, -0.25) is 4.79 Å². The lowest BCUT2D eigenvalue weighted by molar-refractivity contribution is -0.137. The molecule has 0 atom stereocenters. The highest BCUT2D eigenvalue weighted by Gasteiger charge is 2.13. The molecule has 1 aromatic rings. The van der Waals surface area contributed by atoms with Crippen LogP contribution in [0.25, 0.3) is 0 Å². The summed E-state index contributed by atoms with van der Waals surface area (Å²) in [5, 5.41) is 8.58. The van der Waals surface area contributed by atoms with Crippen molar-refractivity contribution < 1.29 is 19.4 Å². The number of benzene rings is 1. The van der Waals surface area contributed by atoms with Crippen LogP contribution in [0.4, 0.5) is 5.69 Å². The van der Waals surface area contributed by atoms with Crippen molar-refractivity contribution in [3.05, 3.63) is 18.2 Å². The Labute approximate surface area is 112 Å². The standard InChI is InChI=1S/C14H19NO4/c1-15(7-3-2-4-14(16)17)11-5-6-12-13(10-11)19-9-8-18-12/h5-6,10H,2-4,7-9H2,1H3,(H,16,17). The summed E-state index contributed by atoms with van der Waals surface area (Å²) in [6.45, 7) is 2.00. The van der Waals surface area contributed by atoms with Gasteiger partial charge in [-0.05, 0) is 25.0 Å². The van der Waals surface area contributed by atoms with E-state index in [9.17, 15) is 4.79 Å². The number of carboxylic acid groups (broad SMARTS) is 1. The van der Waals surface area contributed by atoms with Crippen molar-refractivity contribution >= 4 is 11.7 Å². The van der Waals surface area contributed by atoms with Gasteiger partial charge in [0.1, 0.15) is 13.2 Å². The molecule has 0 aromatic heterocycles. The van der Waals surface area contributed by atoms with E-state index in [2.05, 4.69) is 4.90 Å². The van der Waals surface area contributed by atoms with Gasteiger partial charge in [-0.2, -0.15) is 0 Å². The summed E-state index contributed by atoms with van der Waals surface area (Å²) in [7, 11) is 1.99. The van der Waals surface area contributed by atoms with E-state index in [-0.39, 0.29) is 6.42 Å². The molecule has 0 spiro atoms. The Balaban J connectivity index is 1.88. The molecular weight excluding hydrogens is 246 g/mol. The molecule has 0 saturated heterocycles. The normalized spacial score (nSPS) is 13.1. The molecule has 1 aliphatic heterocycles. The fraction of sp³-hybridized carbons (Fsp3) is 0.500. The summed E-state index contributed by atoms with van der Waals surface area (Å²) >= 11 is 0. The molecule has 0 unspecified atom stereocenters. The molecular formula is C14H19NO4. The van der Waals surface area contributed by atoms with Crippen LogP contribution in [0.3, 0.4) is 0 Å². The van der Waals surface area contributed by atoms with Crippen molar-refractivity contribution in [2.24, 2.45) is 0 Å². The molecule has 1 heterocycles. The lowest BCUT2D eigenvalue weighted by atomic mass is 10.2. The number of rotatable bonds is 6. The maximum Gasteiger partial charge on any atom is 0.303 e. The maximum absolute atomic E-state index is 10.4. The number of hydrogen-bond acceptors (Lipinski definition) is 4. The van der Waals surface area contributed by atoms with E-state index in [1.807, 2.05) is 25.2 Å². The first-order valence-corrected chi connectivity index (χ1v) is 6.49. The monoisotopic (exact) mass is 265 g/mol.